The number of hydrogen-bond donors (Lipinski definition) is 0. The summed E-state index contributed by atoms with van der Waals surface area (Å²) in [6.07, 6.45) is 2.23. The van der Waals surface area contributed by atoms with Crippen LogP contribution < -0.4 is 4.74 Å². The molecule has 0 amide bonds. The molecular formula is C11H11N3O4. The first kappa shape index (κ1) is 10.9. The highest BCUT2D eigenvalue weighted by Crippen LogP contribution is 2.32. The molecule has 18 heavy (non-hydrogen) atoms. The molecule has 2 atom stereocenters. The summed E-state index contributed by atoms with van der Waals surface area (Å²) in [5, 5.41) is 3.93. The summed E-state index contributed by atoms with van der Waals surface area (Å²) in [7, 11) is 0. The van der Waals surface area contributed by atoms with E-state index in [9.17, 15) is 4.79 Å². The van der Waals surface area contributed by atoms with Gasteiger partial charge < -0.3 is 14.3 Å². The van der Waals surface area contributed by atoms with Gasteiger partial charge in [-0.05, 0) is 6.92 Å². The number of carbonyl (C=O) groups excluding carboxylic acids is 1. The minimum atomic E-state index is -0.747. The van der Waals surface area contributed by atoms with Crippen LogP contribution in [0.2, 0.25) is 0 Å². The molecule has 94 valence electrons. The van der Waals surface area contributed by atoms with E-state index in [0.717, 1.165) is 0 Å². The Labute approximate surface area is 103 Å². The van der Waals surface area contributed by atoms with E-state index in [4.69, 9.17) is 14.3 Å². The average molecular weight is 249 g/mol. The van der Waals surface area contributed by atoms with Crippen molar-refractivity contribution in [2.45, 2.75) is 13.0 Å². The molecule has 2 aliphatic rings. The Morgan fingerprint density at radius 1 is 1.61 bits per heavy atom. The largest absolute Gasteiger partial charge is 0.489 e. The van der Waals surface area contributed by atoms with E-state index >= 15 is 0 Å². The third-order valence-corrected chi connectivity index (χ3v) is 2.84. The fraction of sp³-hybridized carbons (Fsp3) is 0.455. The second kappa shape index (κ2) is 4.25. The zero-order valence-corrected chi connectivity index (χ0v) is 9.70. The summed E-state index contributed by atoms with van der Waals surface area (Å²) in [6.45, 7) is 2.36. The normalized spacial score (nSPS) is 24.2. The number of esters is 1. The van der Waals surface area contributed by atoms with Crippen molar-refractivity contribution < 1.29 is 19.1 Å². The number of rotatable bonds is 2. The van der Waals surface area contributed by atoms with Gasteiger partial charge in [0, 0.05) is 0 Å². The lowest BCUT2D eigenvalue weighted by atomic mass is 9.94. The molecule has 7 nitrogen and oxygen atoms in total. The van der Waals surface area contributed by atoms with Crippen LogP contribution in [0.15, 0.2) is 17.7 Å². The average Bonchev–Trinajstić information content (AvgIpc) is 2.83. The first-order chi connectivity index (χ1) is 8.81. The van der Waals surface area contributed by atoms with Crippen LogP contribution >= 0.6 is 0 Å². The van der Waals surface area contributed by atoms with Crippen LogP contribution in [0.25, 0.3) is 0 Å². The quantitative estimate of drug-likeness (QED) is 0.694. The SMILES string of the molecule is CCOC(=O)C1ON=C2c3ncncc3OCC21. The van der Waals surface area contributed by atoms with E-state index in [2.05, 4.69) is 15.1 Å². The van der Waals surface area contributed by atoms with Crippen LogP contribution in [0, 0.1) is 5.92 Å². The van der Waals surface area contributed by atoms with Crippen molar-refractivity contribution in [2.75, 3.05) is 13.2 Å². The van der Waals surface area contributed by atoms with Crippen molar-refractivity contribution in [3.63, 3.8) is 0 Å². The topological polar surface area (TPSA) is 82.9 Å². The van der Waals surface area contributed by atoms with Gasteiger partial charge in [0.2, 0.25) is 6.10 Å². The molecule has 0 saturated carbocycles. The van der Waals surface area contributed by atoms with Gasteiger partial charge in [-0.2, -0.15) is 0 Å². The molecule has 7 heteroatoms. The molecule has 0 aliphatic carbocycles. The van der Waals surface area contributed by atoms with Crippen LogP contribution in [0.4, 0.5) is 0 Å². The van der Waals surface area contributed by atoms with Gasteiger partial charge in [0.1, 0.15) is 24.3 Å². The van der Waals surface area contributed by atoms with Gasteiger partial charge in [-0.15, -0.1) is 0 Å². The Morgan fingerprint density at radius 3 is 3.33 bits per heavy atom. The van der Waals surface area contributed by atoms with Crippen LogP contribution in [0.5, 0.6) is 5.75 Å². The molecule has 2 unspecified atom stereocenters. The van der Waals surface area contributed by atoms with E-state index in [1.54, 1.807) is 13.1 Å². The van der Waals surface area contributed by atoms with E-state index in [0.29, 0.717) is 30.4 Å². The summed E-state index contributed by atoms with van der Waals surface area (Å²) >= 11 is 0. The molecule has 0 fully saturated rings. The monoisotopic (exact) mass is 249 g/mol. The molecule has 0 N–H and O–H groups in total. The molecule has 0 bridgehead atoms. The first-order valence-electron chi connectivity index (χ1n) is 5.64. The van der Waals surface area contributed by atoms with Crippen LogP contribution in [-0.2, 0) is 14.4 Å². The second-order valence-electron chi connectivity index (χ2n) is 3.91. The Bertz CT molecular complexity index is 517. The van der Waals surface area contributed by atoms with E-state index in [-0.39, 0.29) is 5.92 Å². The molecule has 0 saturated heterocycles. The molecule has 1 aromatic rings. The number of nitrogens with zero attached hydrogens (tertiary/aromatic N) is 3. The van der Waals surface area contributed by atoms with Gasteiger partial charge in [-0.3, -0.25) is 0 Å². The number of oxime groups is 1. The van der Waals surface area contributed by atoms with Gasteiger partial charge >= 0.3 is 5.97 Å². The molecule has 0 spiro atoms. The molecule has 1 aromatic heterocycles. The summed E-state index contributed by atoms with van der Waals surface area (Å²) in [4.78, 5) is 24.8. The van der Waals surface area contributed by atoms with E-state index in [1.807, 2.05) is 0 Å². The molecule has 0 radical (unpaired) electrons. The van der Waals surface area contributed by atoms with Gasteiger partial charge in [0.05, 0.1) is 18.7 Å². The first-order valence-corrected chi connectivity index (χ1v) is 5.64. The highest BCUT2D eigenvalue weighted by Gasteiger charge is 2.45. The number of aromatic nitrogens is 2. The zero-order valence-electron chi connectivity index (χ0n) is 9.70. The molecule has 0 aromatic carbocycles. The van der Waals surface area contributed by atoms with E-state index < -0.39 is 12.1 Å². The van der Waals surface area contributed by atoms with Gasteiger partial charge in [-0.25, -0.2) is 14.8 Å². The van der Waals surface area contributed by atoms with E-state index in [1.165, 1.54) is 6.33 Å². The predicted molar refractivity (Wildman–Crippen MR) is 59.1 cm³/mol. The highest BCUT2D eigenvalue weighted by atomic mass is 16.7. The van der Waals surface area contributed by atoms with Gasteiger partial charge in [0.25, 0.3) is 0 Å². The third kappa shape index (κ3) is 1.59. The van der Waals surface area contributed by atoms with Crippen LogP contribution in [0.1, 0.15) is 12.6 Å². The smallest absolute Gasteiger partial charge is 0.351 e. The van der Waals surface area contributed by atoms with Crippen molar-refractivity contribution in [2.24, 2.45) is 11.1 Å². The minimum absolute atomic E-state index is 0.272. The Morgan fingerprint density at radius 2 is 2.50 bits per heavy atom. The lowest BCUT2D eigenvalue weighted by Crippen LogP contribution is -2.39. The lowest BCUT2D eigenvalue weighted by Gasteiger charge is -2.22. The zero-order chi connectivity index (χ0) is 12.5. The summed E-state index contributed by atoms with van der Waals surface area (Å²) in [6, 6.07) is 0. The van der Waals surface area contributed by atoms with Crippen LogP contribution in [-0.4, -0.2) is 41.0 Å². The standard InChI is InChI=1S/C11H11N3O4/c1-2-16-11(15)10-6-4-17-7-3-12-5-13-9(7)8(6)14-18-10/h3,5-6,10H,2,4H2,1H3. The molecule has 2 aliphatic heterocycles. The number of ether oxygens (including phenoxy) is 2. The molecule has 3 rings (SSSR count). The van der Waals surface area contributed by atoms with Crippen LogP contribution in [0.3, 0.4) is 0 Å². The fourth-order valence-electron chi connectivity index (χ4n) is 2.01. The number of fused-ring (bicyclic) bond motifs is 3. The summed E-state index contributed by atoms with van der Waals surface area (Å²) in [5.41, 5.74) is 1.20. The van der Waals surface area contributed by atoms with Crippen molar-refractivity contribution in [3.05, 3.63) is 18.2 Å². The Hall–Kier alpha value is -2.18. The minimum Gasteiger partial charge on any atom is -0.489 e. The van der Waals surface area contributed by atoms with Gasteiger partial charge in [0.15, 0.2) is 5.75 Å². The second-order valence-corrected chi connectivity index (χ2v) is 3.91. The number of carbonyl (C=O) groups is 1. The highest BCUT2D eigenvalue weighted by molar-refractivity contribution is 6.06. The maximum Gasteiger partial charge on any atom is 0.351 e. The summed E-state index contributed by atoms with van der Waals surface area (Å²) < 4.78 is 10.4. The molecule has 3 heterocycles. The summed E-state index contributed by atoms with van der Waals surface area (Å²) in [5.74, 6) is -0.144. The maximum atomic E-state index is 11.7. The maximum absolute atomic E-state index is 11.7. The van der Waals surface area contributed by atoms with Crippen molar-refractivity contribution >= 4 is 11.7 Å². The predicted octanol–water partition coefficient (Wildman–Crippen LogP) is 0.151. The van der Waals surface area contributed by atoms with Crippen molar-refractivity contribution in [3.8, 4) is 5.75 Å². The molecular weight excluding hydrogens is 238 g/mol. The van der Waals surface area contributed by atoms with Crippen molar-refractivity contribution in [1.82, 2.24) is 9.97 Å². The Balaban J connectivity index is 1.87. The lowest BCUT2D eigenvalue weighted by molar-refractivity contribution is -0.157. The van der Waals surface area contributed by atoms with Gasteiger partial charge in [-0.1, -0.05) is 5.16 Å². The van der Waals surface area contributed by atoms with Crippen molar-refractivity contribution in [1.29, 1.82) is 0 Å². The third-order valence-electron chi connectivity index (χ3n) is 2.84. The number of hydrogen-bond acceptors (Lipinski definition) is 7. The fourth-order valence-corrected chi connectivity index (χ4v) is 2.01. The Kier molecular flexibility index (Phi) is 2.58.